The summed E-state index contributed by atoms with van der Waals surface area (Å²) in [5.41, 5.74) is 0.929. The molecule has 0 aliphatic rings. The summed E-state index contributed by atoms with van der Waals surface area (Å²) in [5, 5.41) is 11.7. The van der Waals surface area contributed by atoms with Gasteiger partial charge in [-0.25, -0.2) is 18.5 Å². The molecule has 6 nitrogen and oxygen atoms in total. The number of primary sulfonamides is 1. The lowest BCUT2D eigenvalue weighted by molar-refractivity contribution is 0.547. The zero-order valence-electron chi connectivity index (χ0n) is 14.9. The monoisotopic (exact) mass is 354 g/mol. The molecule has 4 N–H and O–H groups in total. The topological polar surface area (TPSA) is 96.6 Å². The molecule has 1 unspecified atom stereocenters. The molecule has 0 aromatic heterocycles. The Hall–Kier alpha value is -1.60. The fourth-order valence-electron chi connectivity index (χ4n) is 2.28. The Bertz CT molecular complexity index is 612. The number of nitrogens with one attached hydrogen (secondary N) is 2. The largest absolute Gasteiger partial charge is 0.357 e. The molecule has 7 heteroatoms. The van der Waals surface area contributed by atoms with E-state index >= 15 is 0 Å². The highest BCUT2D eigenvalue weighted by Gasteiger charge is 2.07. The Balaban J connectivity index is 2.64. The Morgan fingerprint density at radius 2 is 1.88 bits per heavy atom. The number of aliphatic imine (C=N–C) groups is 1. The van der Waals surface area contributed by atoms with Crippen LogP contribution in [0.1, 0.15) is 52.0 Å². The third kappa shape index (κ3) is 7.79. The molecule has 1 aromatic carbocycles. The molecule has 0 amide bonds. The molecule has 0 saturated carbocycles. The van der Waals surface area contributed by atoms with Gasteiger partial charge in [-0.2, -0.15) is 0 Å². The third-order valence-corrected chi connectivity index (χ3v) is 4.57. The maximum Gasteiger partial charge on any atom is 0.238 e. The minimum Gasteiger partial charge on any atom is -0.357 e. The number of benzene rings is 1. The third-order valence-electron chi connectivity index (χ3n) is 3.64. The van der Waals surface area contributed by atoms with Crippen LogP contribution < -0.4 is 15.8 Å². The molecule has 1 aromatic rings. The second-order valence-electron chi connectivity index (χ2n) is 5.93. The van der Waals surface area contributed by atoms with Gasteiger partial charge in [-0.1, -0.05) is 38.3 Å². The van der Waals surface area contributed by atoms with Gasteiger partial charge < -0.3 is 10.6 Å². The number of sulfonamides is 1. The van der Waals surface area contributed by atoms with Gasteiger partial charge in [0.1, 0.15) is 0 Å². The van der Waals surface area contributed by atoms with Gasteiger partial charge in [0.05, 0.1) is 11.4 Å². The lowest BCUT2D eigenvalue weighted by Crippen LogP contribution is -2.42. The van der Waals surface area contributed by atoms with Crippen molar-refractivity contribution in [2.24, 2.45) is 10.1 Å². The average Bonchev–Trinajstić information content (AvgIpc) is 2.52. The van der Waals surface area contributed by atoms with Crippen molar-refractivity contribution in [1.29, 1.82) is 0 Å². The first-order valence-corrected chi connectivity index (χ1v) is 10.1. The van der Waals surface area contributed by atoms with Crippen LogP contribution in [0.25, 0.3) is 0 Å². The number of unbranched alkanes of at least 4 members (excludes halogenated alkanes) is 2. The van der Waals surface area contributed by atoms with Gasteiger partial charge in [0.15, 0.2) is 5.96 Å². The summed E-state index contributed by atoms with van der Waals surface area (Å²) in [7, 11) is -3.65. The van der Waals surface area contributed by atoms with Crippen molar-refractivity contribution < 1.29 is 8.42 Å². The van der Waals surface area contributed by atoms with E-state index in [4.69, 9.17) is 5.14 Å². The first-order chi connectivity index (χ1) is 11.4. The highest BCUT2D eigenvalue weighted by Crippen LogP contribution is 2.09. The molecule has 0 heterocycles. The molecule has 0 spiro atoms. The summed E-state index contributed by atoms with van der Waals surface area (Å²) in [6, 6.07) is 6.84. The molecule has 0 radical (unpaired) electrons. The van der Waals surface area contributed by atoms with Gasteiger partial charge in [0.25, 0.3) is 0 Å². The van der Waals surface area contributed by atoms with Crippen molar-refractivity contribution in [3.63, 3.8) is 0 Å². The molecule has 1 rings (SSSR count). The van der Waals surface area contributed by atoms with Crippen LogP contribution in [0, 0.1) is 0 Å². The lowest BCUT2D eigenvalue weighted by Gasteiger charge is -2.17. The Labute approximate surface area is 146 Å². The fraction of sp³-hybridized carbons (Fsp3) is 0.588. The second kappa shape index (κ2) is 10.3. The summed E-state index contributed by atoms with van der Waals surface area (Å²) < 4.78 is 22.5. The van der Waals surface area contributed by atoms with Crippen LogP contribution in [0.15, 0.2) is 34.2 Å². The van der Waals surface area contributed by atoms with Crippen molar-refractivity contribution >= 4 is 16.0 Å². The molecule has 0 bridgehead atoms. The molecule has 0 aliphatic heterocycles. The van der Waals surface area contributed by atoms with Gasteiger partial charge in [0, 0.05) is 12.6 Å². The summed E-state index contributed by atoms with van der Waals surface area (Å²) in [6.07, 6.45) is 4.78. The second-order valence-corrected chi connectivity index (χ2v) is 7.49. The zero-order valence-corrected chi connectivity index (χ0v) is 15.7. The maximum atomic E-state index is 11.3. The van der Waals surface area contributed by atoms with E-state index in [0.29, 0.717) is 12.6 Å². The first-order valence-electron chi connectivity index (χ1n) is 8.53. The van der Waals surface area contributed by atoms with Crippen LogP contribution >= 0.6 is 0 Å². The van der Waals surface area contributed by atoms with Crippen LogP contribution in [0.2, 0.25) is 0 Å². The zero-order chi connectivity index (χ0) is 18.0. The highest BCUT2D eigenvalue weighted by molar-refractivity contribution is 7.89. The van der Waals surface area contributed by atoms with E-state index in [0.717, 1.165) is 24.5 Å². The molecule has 24 heavy (non-hydrogen) atoms. The quantitative estimate of drug-likeness (QED) is 0.360. The molecular weight excluding hydrogens is 324 g/mol. The SMILES string of the molecule is CCCCCC(C)NC(=NCc1ccc(S(N)(=O)=O)cc1)NCC. The standard InChI is InChI=1S/C17H30N4O2S/c1-4-6-7-8-14(3)21-17(19-5-2)20-13-15-9-11-16(12-10-15)24(18,22)23/h9-12,14H,4-8,13H2,1-3H3,(H2,18,22,23)(H2,19,20,21). The van der Waals surface area contributed by atoms with E-state index in [1.165, 1.54) is 31.4 Å². The maximum absolute atomic E-state index is 11.3. The molecule has 0 aliphatic carbocycles. The van der Waals surface area contributed by atoms with Crippen molar-refractivity contribution in [2.45, 2.75) is 63.9 Å². The average molecular weight is 355 g/mol. The molecular formula is C17H30N4O2S. The van der Waals surface area contributed by atoms with Gasteiger partial charge in [-0.05, 0) is 38.0 Å². The van der Waals surface area contributed by atoms with Crippen LogP contribution in [-0.4, -0.2) is 27.0 Å². The van der Waals surface area contributed by atoms with Crippen molar-refractivity contribution in [3.8, 4) is 0 Å². The van der Waals surface area contributed by atoms with Gasteiger partial charge in [-0.3, -0.25) is 0 Å². The number of hydrogen-bond donors (Lipinski definition) is 3. The normalized spacial score (nSPS) is 13.6. The lowest BCUT2D eigenvalue weighted by atomic mass is 10.1. The van der Waals surface area contributed by atoms with Crippen LogP contribution in [0.3, 0.4) is 0 Å². The first kappa shape index (κ1) is 20.4. The number of nitrogens with two attached hydrogens (primary N) is 1. The number of guanidine groups is 1. The predicted molar refractivity (Wildman–Crippen MR) is 99.4 cm³/mol. The minimum atomic E-state index is -3.65. The molecule has 0 saturated heterocycles. The minimum absolute atomic E-state index is 0.116. The van der Waals surface area contributed by atoms with E-state index < -0.39 is 10.0 Å². The van der Waals surface area contributed by atoms with Crippen LogP contribution in [0.4, 0.5) is 0 Å². The summed E-state index contributed by atoms with van der Waals surface area (Å²) in [4.78, 5) is 4.67. The molecule has 0 fully saturated rings. The van der Waals surface area contributed by atoms with E-state index in [1.807, 2.05) is 6.92 Å². The van der Waals surface area contributed by atoms with E-state index in [9.17, 15) is 8.42 Å². The van der Waals surface area contributed by atoms with E-state index in [1.54, 1.807) is 12.1 Å². The van der Waals surface area contributed by atoms with Crippen molar-refractivity contribution in [2.75, 3.05) is 6.54 Å². The summed E-state index contributed by atoms with van der Waals surface area (Å²) in [6.45, 7) is 7.65. The predicted octanol–water partition coefficient (Wildman–Crippen LogP) is 2.36. The fourth-order valence-corrected chi connectivity index (χ4v) is 2.80. The number of nitrogens with zero attached hydrogens (tertiary/aromatic N) is 1. The van der Waals surface area contributed by atoms with Gasteiger partial charge in [0.2, 0.25) is 10.0 Å². The van der Waals surface area contributed by atoms with E-state index in [-0.39, 0.29) is 4.90 Å². The summed E-state index contributed by atoms with van der Waals surface area (Å²) >= 11 is 0. The number of hydrogen-bond acceptors (Lipinski definition) is 3. The van der Waals surface area contributed by atoms with Crippen molar-refractivity contribution in [1.82, 2.24) is 10.6 Å². The van der Waals surface area contributed by atoms with Crippen LogP contribution in [0.5, 0.6) is 0 Å². The van der Waals surface area contributed by atoms with Gasteiger partial charge in [-0.15, -0.1) is 0 Å². The molecule has 136 valence electrons. The van der Waals surface area contributed by atoms with Gasteiger partial charge >= 0.3 is 0 Å². The number of rotatable bonds is 9. The summed E-state index contributed by atoms with van der Waals surface area (Å²) in [5.74, 6) is 0.775. The van der Waals surface area contributed by atoms with E-state index in [2.05, 4.69) is 29.5 Å². The Morgan fingerprint density at radius 3 is 2.42 bits per heavy atom. The highest BCUT2D eigenvalue weighted by atomic mass is 32.2. The smallest absolute Gasteiger partial charge is 0.238 e. The Kier molecular flexibility index (Phi) is 8.78. The molecule has 1 atom stereocenters. The van der Waals surface area contributed by atoms with Crippen LogP contribution in [-0.2, 0) is 16.6 Å². The Morgan fingerprint density at radius 1 is 1.21 bits per heavy atom. The van der Waals surface area contributed by atoms with Crippen molar-refractivity contribution in [3.05, 3.63) is 29.8 Å².